The summed E-state index contributed by atoms with van der Waals surface area (Å²) in [5, 5.41) is 3.48. The van der Waals surface area contributed by atoms with Crippen LogP contribution in [0.1, 0.15) is 52.3 Å². The second-order valence-corrected chi connectivity index (χ2v) is 6.84. The molecule has 0 aliphatic heterocycles. The van der Waals surface area contributed by atoms with Crippen LogP contribution in [0, 0.1) is 18.8 Å². The quantitative estimate of drug-likeness (QED) is 0.697. The first-order valence-corrected chi connectivity index (χ1v) is 8.35. The molecule has 0 atom stereocenters. The minimum absolute atomic E-state index is 0.646. The summed E-state index contributed by atoms with van der Waals surface area (Å²) in [6.07, 6.45) is 1.17. The van der Waals surface area contributed by atoms with Gasteiger partial charge in [-0.25, -0.2) is 4.98 Å². The maximum atomic E-state index is 4.77. The van der Waals surface area contributed by atoms with Crippen molar-refractivity contribution in [3.63, 3.8) is 0 Å². The summed E-state index contributed by atoms with van der Waals surface area (Å²) in [6.45, 7) is 17.5. The first kappa shape index (κ1) is 18.0. The van der Waals surface area contributed by atoms with Gasteiger partial charge in [0.1, 0.15) is 5.82 Å². The van der Waals surface area contributed by atoms with Crippen LogP contribution in [0.15, 0.2) is 12.1 Å². The van der Waals surface area contributed by atoms with Crippen molar-refractivity contribution in [3.8, 4) is 0 Å². The molecule has 1 aromatic heterocycles. The summed E-state index contributed by atoms with van der Waals surface area (Å²) in [5.41, 5.74) is 2.45. The van der Waals surface area contributed by atoms with Gasteiger partial charge >= 0.3 is 0 Å². The van der Waals surface area contributed by atoms with Gasteiger partial charge < -0.3 is 10.2 Å². The number of anilines is 1. The van der Waals surface area contributed by atoms with Crippen molar-refractivity contribution in [1.82, 2.24) is 10.3 Å². The predicted molar refractivity (Wildman–Crippen MR) is 92.9 cm³/mol. The van der Waals surface area contributed by atoms with E-state index in [1.807, 2.05) is 0 Å². The van der Waals surface area contributed by atoms with E-state index in [-0.39, 0.29) is 0 Å². The Bertz CT molecular complexity index is 403. The van der Waals surface area contributed by atoms with E-state index in [1.165, 1.54) is 12.0 Å². The van der Waals surface area contributed by atoms with Crippen molar-refractivity contribution in [2.24, 2.45) is 11.8 Å². The molecular formula is C18H33N3. The second kappa shape index (κ2) is 9.04. The van der Waals surface area contributed by atoms with Gasteiger partial charge in [-0.05, 0) is 49.4 Å². The van der Waals surface area contributed by atoms with Crippen LogP contribution < -0.4 is 10.2 Å². The van der Waals surface area contributed by atoms with E-state index >= 15 is 0 Å². The van der Waals surface area contributed by atoms with E-state index in [1.54, 1.807) is 0 Å². The highest BCUT2D eigenvalue weighted by atomic mass is 15.2. The highest BCUT2D eigenvalue weighted by molar-refractivity contribution is 5.43. The highest BCUT2D eigenvalue weighted by Crippen LogP contribution is 2.18. The lowest BCUT2D eigenvalue weighted by atomic mass is 10.1. The molecule has 0 bridgehead atoms. The molecule has 21 heavy (non-hydrogen) atoms. The monoisotopic (exact) mass is 291 g/mol. The van der Waals surface area contributed by atoms with Crippen molar-refractivity contribution < 1.29 is 0 Å². The van der Waals surface area contributed by atoms with E-state index in [4.69, 9.17) is 4.98 Å². The lowest BCUT2D eigenvalue weighted by molar-refractivity contribution is 0.548. The Morgan fingerprint density at radius 1 is 1.10 bits per heavy atom. The van der Waals surface area contributed by atoms with Gasteiger partial charge in [0.05, 0.1) is 0 Å². The minimum Gasteiger partial charge on any atom is -0.356 e. The van der Waals surface area contributed by atoms with Crippen LogP contribution in [0.25, 0.3) is 0 Å². The third kappa shape index (κ3) is 6.94. The van der Waals surface area contributed by atoms with Gasteiger partial charge in [-0.3, -0.25) is 0 Å². The zero-order chi connectivity index (χ0) is 15.8. The van der Waals surface area contributed by atoms with E-state index in [9.17, 15) is 0 Å². The molecule has 0 aliphatic carbocycles. The van der Waals surface area contributed by atoms with Crippen molar-refractivity contribution >= 4 is 5.82 Å². The number of pyridine rings is 1. The second-order valence-electron chi connectivity index (χ2n) is 6.84. The number of aromatic nitrogens is 1. The molecule has 0 aliphatic rings. The van der Waals surface area contributed by atoms with Crippen molar-refractivity contribution in [2.75, 3.05) is 24.5 Å². The van der Waals surface area contributed by atoms with Gasteiger partial charge in [0, 0.05) is 25.3 Å². The van der Waals surface area contributed by atoms with Crippen LogP contribution in [0.4, 0.5) is 5.82 Å². The van der Waals surface area contributed by atoms with Crippen LogP contribution >= 0.6 is 0 Å². The fourth-order valence-corrected chi connectivity index (χ4v) is 2.54. The molecule has 0 saturated carbocycles. The molecule has 0 saturated heterocycles. The Morgan fingerprint density at radius 2 is 1.71 bits per heavy atom. The predicted octanol–water partition coefficient (Wildman–Crippen LogP) is 4.01. The molecule has 3 heteroatoms. The van der Waals surface area contributed by atoms with Gasteiger partial charge in [0.2, 0.25) is 0 Å². The molecule has 0 spiro atoms. The Morgan fingerprint density at radius 3 is 2.24 bits per heavy atom. The highest BCUT2D eigenvalue weighted by Gasteiger charge is 2.13. The zero-order valence-electron chi connectivity index (χ0n) is 14.7. The van der Waals surface area contributed by atoms with Gasteiger partial charge in [-0.15, -0.1) is 0 Å². The fourth-order valence-electron chi connectivity index (χ4n) is 2.54. The SMILES string of the molecule is CCCNCc1cc(C)nc(N(CC(C)C)CC(C)C)c1. The summed E-state index contributed by atoms with van der Waals surface area (Å²) in [7, 11) is 0. The van der Waals surface area contributed by atoms with Gasteiger partial charge in [0.15, 0.2) is 0 Å². The van der Waals surface area contributed by atoms with E-state index < -0.39 is 0 Å². The molecule has 0 radical (unpaired) electrons. The molecule has 0 fully saturated rings. The number of aryl methyl sites for hydroxylation is 1. The standard InChI is InChI=1S/C18H33N3/c1-7-8-19-11-17-9-16(6)20-18(10-17)21(12-14(2)3)13-15(4)5/h9-10,14-15,19H,7-8,11-13H2,1-6H3. The smallest absolute Gasteiger partial charge is 0.129 e. The average molecular weight is 291 g/mol. The largest absolute Gasteiger partial charge is 0.356 e. The maximum absolute atomic E-state index is 4.77. The number of hydrogen-bond acceptors (Lipinski definition) is 3. The van der Waals surface area contributed by atoms with E-state index in [0.717, 1.165) is 37.7 Å². The summed E-state index contributed by atoms with van der Waals surface area (Å²) >= 11 is 0. The van der Waals surface area contributed by atoms with Crippen molar-refractivity contribution in [1.29, 1.82) is 0 Å². The van der Waals surface area contributed by atoms with Crippen molar-refractivity contribution in [2.45, 2.75) is 54.5 Å². The molecule has 1 heterocycles. The number of rotatable bonds is 9. The van der Waals surface area contributed by atoms with E-state index in [2.05, 4.69) is 63.9 Å². The average Bonchev–Trinajstić information content (AvgIpc) is 2.36. The Kier molecular flexibility index (Phi) is 7.73. The molecule has 1 N–H and O–H groups in total. The van der Waals surface area contributed by atoms with Gasteiger partial charge in [-0.2, -0.15) is 0 Å². The lowest BCUT2D eigenvalue weighted by Gasteiger charge is -2.28. The van der Waals surface area contributed by atoms with Crippen molar-refractivity contribution in [3.05, 3.63) is 23.4 Å². The maximum Gasteiger partial charge on any atom is 0.129 e. The normalized spacial score (nSPS) is 11.4. The summed E-state index contributed by atoms with van der Waals surface area (Å²) in [4.78, 5) is 7.20. The Hall–Kier alpha value is -1.09. The lowest BCUT2D eigenvalue weighted by Crippen LogP contribution is -2.32. The van der Waals surface area contributed by atoms with Crippen LogP contribution in [-0.4, -0.2) is 24.6 Å². The van der Waals surface area contributed by atoms with Crippen LogP contribution in [0.2, 0.25) is 0 Å². The van der Waals surface area contributed by atoms with Crippen LogP contribution in [0.3, 0.4) is 0 Å². The first-order chi connectivity index (χ1) is 9.92. The molecule has 1 rings (SSSR count). The van der Waals surface area contributed by atoms with E-state index in [0.29, 0.717) is 11.8 Å². The molecule has 3 nitrogen and oxygen atoms in total. The Balaban J connectivity index is 2.90. The summed E-state index contributed by atoms with van der Waals surface area (Å²) < 4.78 is 0. The minimum atomic E-state index is 0.646. The van der Waals surface area contributed by atoms with Crippen LogP contribution in [-0.2, 0) is 6.54 Å². The molecule has 0 unspecified atom stereocenters. The topological polar surface area (TPSA) is 28.2 Å². The number of nitrogens with one attached hydrogen (secondary N) is 1. The Labute approximate surface area is 131 Å². The fraction of sp³-hybridized carbons (Fsp3) is 0.722. The third-order valence-corrected chi connectivity index (χ3v) is 3.25. The van der Waals surface area contributed by atoms with Gasteiger partial charge in [-0.1, -0.05) is 34.6 Å². The zero-order valence-corrected chi connectivity index (χ0v) is 14.7. The molecule has 1 aromatic rings. The third-order valence-electron chi connectivity index (χ3n) is 3.25. The van der Waals surface area contributed by atoms with Gasteiger partial charge in [0.25, 0.3) is 0 Å². The first-order valence-electron chi connectivity index (χ1n) is 8.35. The number of nitrogens with zero attached hydrogens (tertiary/aromatic N) is 2. The molecule has 0 amide bonds. The van der Waals surface area contributed by atoms with Crippen LogP contribution in [0.5, 0.6) is 0 Å². The summed E-state index contributed by atoms with van der Waals surface area (Å²) in [6, 6.07) is 4.44. The number of hydrogen-bond donors (Lipinski definition) is 1. The summed E-state index contributed by atoms with van der Waals surface area (Å²) in [5.74, 6) is 2.42. The molecule has 0 aromatic carbocycles. The molecule has 120 valence electrons. The molecular weight excluding hydrogens is 258 g/mol.